The Balaban J connectivity index is 1.56. The molecule has 0 aliphatic rings. The van der Waals surface area contributed by atoms with Crippen LogP contribution in [0.15, 0.2) is 71.9 Å². The van der Waals surface area contributed by atoms with E-state index in [9.17, 15) is 13.2 Å². The summed E-state index contributed by atoms with van der Waals surface area (Å²) < 4.78 is 28.6. The number of anilines is 2. The fraction of sp³-hybridized carbons (Fsp3) is 0.0476. The maximum Gasteiger partial charge on any atom is 0.269 e. The van der Waals surface area contributed by atoms with Crippen molar-refractivity contribution in [1.29, 1.82) is 0 Å². The number of primary sulfonamides is 1. The first-order valence-electron chi connectivity index (χ1n) is 9.34. The van der Waals surface area contributed by atoms with Gasteiger partial charge in [0.05, 0.1) is 10.4 Å². The number of nitrogens with two attached hydrogens (primary N) is 1. The Hall–Kier alpha value is -4.09. The highest BCUT2D eigenvalue weighted by molar-refractivity contribution is 7.89. The molecule has 32 heavy (non-hydrogen) atoms. The monoisotopic (exact) mass is 450 g/mol. The molecular weight excluding hydrogens is 432 g/mol. The maximum atomic E-state index is 11.8. The zero-order valence-electron chi connectivity index (χ0n) is 16.8. The first-order chi connectivity index (χ1) is 15.3. The lowest BCUT2D eigenvalue weighted by atomic mass is 10.2. The number of rotatable bonds is 6. The quantitative estimate of drug-likeness (QED) is 0.406. The Bertz CT molecular complexity index is 1410. The van der Waals surface area contributed by atoms with Gasteiger partial charge in [0.25, 0.3) is 5.91 Å². The van der Waals surface area contributed by atoms with Crippen LogP contribution < -0.4 is 20.5 Å². The van der Waals surface area contributed by atoms with Crippen molar-refractivity contribution in [3.05, 3.63) is 72.7 Å². The van der Waals surface area contributed by atoms with Crippen molar-refractivity contribution in [1.82, 2.24) is 20.3 Å². The number of hydrogen-bond donors (Lipinski definition) is 3. The highest BCUT2D eigenvalue weighted by atomic mass is 32.2. The number of carbonyl (C=O) groups excluding carboxylic acids is 1. The molecule has 2 aromatic heterocycles. The fourth-order valence-electron chi connectivity index (χ4n) is 2.85. The summed E-state index contributed by atoms with van der Waals surface area (Å²) in [6, 6.07) is 14.4. The molecule has 2 heterocycles. The van der Waals surface area contributed by atoms with E-state index in [2.05, 4.69) is 25.6 Å². The fourth-order valence-corrected chi connectivity index (χ4v) is 3.36. The van der Waals surface area contributed by atoms with Gasteiger partial charge in [-0.2, -0.15) is 0 Å². The number of aromatic nitrogens is 3. The Morgan fingerprint density at radius 1 is 1.00 bits per heavy atom. The Morgan fingerprint density at radius 3 is 2.47 bits per heavy atom. The van der Waals surface area contributed by atoms with Crippen LogP contribution in [0.3, 0.4) is 0 Å². The van der Waals surface area contributed by atoms with Crippen molar-refractivity contribution in [2.24, 2.45) is 5.14 Å². The Kier molecular flexibility index (Phi) is 5.67. The second kappa shape index (κ2) is 8.57. The summed E-state index contributed by atoms with van der Waals surface area (Å²) in [4.78, 5) is 24.5. The molecule has 0 aliphatic heterocycles. The molecule has 4 rings (SSSR count). The lowest BCUT2D eigenvalue weighted by Gasteiger charge is -2.09. The summed E-state index contributed by atoms with van der Waals surface area (Å²) in [5.41, 5.74) is 1.47. The number of amides is 1. The average Bonchev–Trinajstić information content (AvgIpc) is 2.78. The third kappa shape index (κ3) is 4.79. The van der Waals surface area contributed by atoms with Crippen molar-refractivity contribution in [2.45, 2.75) is 4.90 Å². The molecule has 0 spiro atoms. The van der Waals surface area contributed by atoms with E-state index >= 15 is 0 Å². The first kappa shape index (κ1) is 21.2. The van der Waals surface area contributed by atoms with Crippen molar-refractivity contribution in [3.63, 3.8) is 0 Å². The number of nitrogens with zero attached hydrogens (tertiary/aromatic N) is 3. The molecule has 10 nitrogen and oxygen atoms in total. The van der Waals surface area contributed by atoms with Crippen LogP contribution in [-0.4, -0.2) is 36.3 Å². The van der Waals surface area contributed by atoms with E-state index in [4.69, 9.17) is 9.88 Å². The topological polar surface area (TPSA) is 149 Å². The van der Waals surface area contributed by atoms with Crippen LogP contribution in [0.1, 0.15) is 10.5 Å². The highest BCUT2D eigenvalue weighted by Gasteiger charge is 2.09. The third-order valence-electron chi connectivity index (χ3n) is 4.42. The molecule has 0 aliphatic carbocycles. The van der Waals surface area contributed by atoms with Gasteiger partial charge in [0, 0.05) is 42.6 Å². The zero-order valence-corrected chi connectivity index (χ0v) is 17.6. The van der Waals surface area contributed by atoms with Crippen LogP contribution in [0.5, 0.6) is 11.5 Å². The molecule has 0 bridgehead atoms. The number of carbonyl (C=O) groups is 1. The molecule has 4 N–H and O–H groups in total. The molecule has 4 aromatic rings. The molecule has 0 fully saturated rings. The van der Waals surface area contributed by atoms with E-state index < -0.39 is 10.0 Å². The van der Waals surface area contributed by atoms with Crippen LogP contribution >= 0.6 is 0 Å². The first-order valence-corrected chi connectivity index (χ1v) is 10.9. The number of ether oxygens (including phenoxy) is 1. The lowest BCUT2D eigenvalue weighted by Crippen LogP contribution is -2.18. The summed E-state index contributed by atoms with van der Waals surface area (Å²) >= 11 is 0. The Labute approximate surface area is 183 Å². The number of nitrogens with one attached hydrogen (secondary N) is 2. The van der Waals surface area contributed by atoms with Crippen LogP contribution in [-0.2, 0) is 10.0 Å². The van der Waals surface area contributed by atoms with Gasteiger partial charge in [-0.1, -0.05) is 0 Å². The lowest BCUT2D eigenvalue weighted by molar-refractivity contribution is 0.0958. The molecule has 1 amide bonds. The smallest absolute Gasteiger partial charge is 0.269 e. The minimum Gasteiger partial charge on any atom is -0.457 e. The SMILES string of the molecule is CNC(=O)c1cc(Oc2ccc3cnc(Nc4ccc(S(N)(=O)=O)cc4)nc3c2)ccn1. The normalized spacial score (nSPS) is 11.2. The number of fused-ring (bicyclic) bond motifs is 1. The average molecular weight is 450 g/mol. The second-order valence-corrected chi connectivity index (χ2v) is 8.23. The van der Waals surface area contributed by atoms with Crippen LogP contribution in [0.4, 0.5) is 11.6 Å². The van der Waals surface area contributed by atoms with Crippen molar-refractivity contribution < 1.29 is 17.9 Å². The standard InChI is InChI=1S/C21H18N6O4S/c1-23-20(28)19-11-16(8-9-24-19)31-15-5-2-13-12-25-21(27-18(13)10-15)26-14-3-6-17(7-4-14)32(22,29)30/h2-12H,1H3,(H,23,28)(H2,22,29,30)(H,25,26,27). The van der Waals surface area contributed by atoms with Gasteiger partial charge < -0.3 is 15.4 Å². The maximum absolute atomic E-state index is 11.8. The van der Waals surface area contributed by atoms with Crippen molar-refractivity contribution >= 4 is 38.5 Å². The summed E-state index contributed by atoms with van der Waals surface area (Å²) in [5.74, 6) is 0.993. The minimum atomic E-state index is -3.76. The van der Waals surface area contributed by atoms with Gasteiger partial charge in [-0.05, 0) is 42.5 Å². The zero-order chi connectivity index (χ0) is 22.7. The van der Waals surface area contributed by atoms with E-state index in [1.165, 1.54) is 25.4 Å². The molecule has 0 unspecified atom stereocenters. The highest BCUT2D eigenvalue weighted by Crippen LogP contribution is 2.26. The van der Waals surface area contributed by atoms with Crippen LogP contribution in [0, 0.1) is 0 Å². The number of benzene rings is 2. The second-order valence-electron chi connectivity index (χ2n) is 6.67. The van der Waals surface area contributed by atoms with E-state index in [1.54, 1.807) is 42.6 Å². The molecule has 0 radical (unpaired) electrons. The summed E-state index contributed by atoms with van der Waals surface area (Å²) in [6.07, 6.45) is 3.15. The van der Waals surface area contributed by atoms with Gasteiger partial charge in [0.1, 0.15) is 17.2 Å². The van der Waals surface area contributed by atoms with Gasteiger partial charge >= 0.3 is 0 Å². The molecule has 11 heteroatoms. The van der Waals surface area contributed by atoms with E-state index in [0.717, 1.165) is 5.39 Å². The molecule has 2 aromatic carbocycles. The van der Waals surface area contributed by atoms with Gasteiger partial charge in [-0.3, -0.25) is 9.78 Å². The number of pyridine rings is 1. The largest absolute Gasteiger partial charge is 0.457 e. The van der Waals surface area contributed by atoms with Crippen molar-refractivity contribution in [3.8, 4) is 11.5 Å². The molecule has 0 atom stereocenters. The third-order valence-corrected chi connectivity index (χ3v) is 5.35. The summed E-state index contributed by atoms with van der Waals surface area (Å²) in [5, 5.41) is 11.4. The number of hydrogen-bond acceptors (Lipinski definition) is 8. The minimum absolute atomic E-state index is 0.0138. The van der Waals surface area contributed by atoms with Crippen LogP contribution in [0.25, 0.3) is 10.9 Å². The predicted octanol–water partition coefficient (Wildman–Crippen LogP) is 2.57. The molecular formula is C21H18N6O4S. The van der Waals surface area contributed by atoms with Gasteiger partial charge in [-0.25, -0.2) is 23.5 Å². The molecule has 0 saturated heterocycles. The Morgan fingerprint density at radius 2 is 1.75 bits per heavy atom. The van der Waals surface area contributed by atoms with E-state index in [-0.39, 0.29) is 16.5 Å². The van der Waals surface area contributed by atoms with Gasteiger partial charge in [-0.15, -0.1) is 0 Å². The number of sulfonamides is 1. The molecule has 0 saturated carbocycles. The molecule has 162 valence electrons. The van der Waals surface area contributed by atoms with Crippen molar-refractivity contribution in [2.75, 3.05) is 12.4 Å². The summed E-state index contributed by atoms with van der Waals surface area (Å²) in [6.45, 7) is 0. The van der Waals surface area contributed by atoms with E-state index in [0.29, 0.717) is 28.7 Å². The van der Waals surface area contributed by atoms with Gasteiger partial charge in [0.2, 0.25) is 16.0 Å². The van der Waals surface area contributed by atoms with E-state index in [1.807, 2.05) is 6.07 Å². The predicted molar refractivity (Wildman–Crippen MR) is 118 cm³/mol. The van der Waals surface area contributed by atoms with Crippen LogP contribution in [0.2, 0.25) is 0 Å². The van der Waals surface area contributed by atoms with Gasteiger partial charge in [0.15, 0.2) is 0 Å². The summed E-state index contributed by atoms with van der Waals surface area (Å²) in [7, 11) is -2.23.